The molecule has 7 heteroatoms. The van der Waals surface area contributed by atoms with Gasteiger partial charge in [0.05, 0.1) is 9.46 Å². The zero-order valence-electron chi connectivity index (χ0n) is 13.6. The maximum absolute atomic E-state index is 11.9. The second-order valence-electron chi connectivity index (χ2n) is 5.45. The molecule has 2 aromatic rings. The maximum Gasteiger partial charge on any atom is 0.311 e. The standard InChI is InChI=1S/C18H19NO3S3/c20-16(4-1-9-19-17(21)15-3-2-10-23-15)22-14-7-5-13(6-8-14)18-24-11-12-25-18/h2-3,5-8,10,18H,1,4,9,11-12H2,(H,19,21). The van der Waals surface area contributed by atoms with Crippen LogP contribution in [0.5, 0.6) is 5.75 Å². The van der Waals surface area contributed by atoms with E-state index in [1.165, 1.54) is 28.4 Å². The van der Waals surface area contributed by atoms with Gasteiger partial charge < -0.3 is 10.1 Å². The highest BCUT2D eigenvalue weighted by Gasteiger charge is 2.18. The zero-order valence-corrected chi connectivity index (χ0v) is 16.1. The molecule has 0 radical (unpaired) electrons. The van der Waals surface area contributed by atoms with Crippen LogP contribution in [0.25, 0.3) is 0 Å². The lowest BCUT2D eigenvalue weighted by Crippen LogP contribution is -2.24. The van der Waals surface area contributed by atoms with E-state index in [2.05, 4.69) is 5.32 Å². The summed E-state index contributed by atoms with van der Waals surface area (Å²) in [5, 5.41) is 4.66. The first-order valence-corrected chi connectivity index (χ1v) is 11.1. The Morgan fingerprint density at radius 3 is 2.56 bits per heavy atom. The number of ether oxygens (including phenoxy) is 1. The number of hydrogen-bond acceptors (Lipinski definition) is 6. The second-order valence-corrected chi connectivity index (χ2v) is 9.13. The van der Waals surface area contributed by atoms with Gasteiger partial charge in [-0.15, -0.1) is 34.9 Å². The molecule has 132 valence electrons. The predicted molar refractivity (Wildman–Crippen MR) is 106 cm³/mol. The maximum atomic E-state index is 11.9. The van der Waals surface area contributed by atoms with Crippen LogP contribution >= 0.6 is 34.9 Å². The first-order valence-electron chi connectivity index (χ1n) is 8.08. The van der Waals surface area contributed by atoms with Crippen LogP contribution in [0.15, 0.2) is 41.8 Å². The molecule has 1 aromatic heterocycles. The largest absolute Gasteiger partial charge is 0.427 e. The van der Waals surface area contributed by atoms with Crippen LogP contribution in [0.2, 0.25) is 0 Å². The van der Waals surface area contributed by atoms with Crippen molar-refractivity contribution < 1.29 is 14.3 Å². The number of thioether (sulfide) groups is 2. The van der Waals surface area contributed by atoms with Gasteiger partial charge in [-0.25, -0.2) is 0 Å². The Labute approximate surface area is 159 Å². The molecule has 0 atom stereocenters. The first kappa shape index (κ1) is 18.4. The van der Waals surface area contributed by atoms with Gasteiger partial charge in [0, 0.05) is 24.5 Å². The Morgan fingerprint density at radius 2 is 1.88 bits per heavy atom. The molecule has 0 spiro atoms. The molecule has 0 saturated carbocycles. The number of esters is 1. The smallest absolute Gasteiger partial charge is 0.311 e. The van der Waals surface area contributed by atoms with Crippen LogP contribution < -0.4 is 10.1 Å². The Kier molecular flexibility index (Phi) is 6.84. The Morgan fingerprint density at radius 1 is 1.12 bits per heavy atom. The van der Waals surface area contributed by atoms with Crippen molar-refractivity contribution in [3.63, 3.8) is 0 Å². The van der Waals surface area contributed by atoms with Crippen molar-refractivity contribution in [1.82, 2.24) is 5.32 Å². The summed E-state index contributed by atoms with van der Waals surface area (Å²) in [6.07, 6.45) is 0.837. The molecule has 1 fully saturated rings. The lowest BCUT2D eigenvalue weighted by atomic mass is 10.2. The van der Waals surface area contributed by atoms with Crippen molar-refractivity contribution in [2.24, 2.45) is 0 Å². The molecule has 1 amide bonds. The van der Waals surface area contributed by atoms with E-state index in [-0.39, 0.29) is 18.3 Å². The SMILES string of the molecule is O=C(CCCNC(=O)c1cccs1)Oc1ccc(C2SCCS2)cc1. The highest BCUT2D eigenvalue weighted by molar-refractivity contribution is 8.19. The summed E-state index contributed by atoms with van der Waals surface area (Å²) in [5.74, 6) is 2.58. The molecule has 3 rings (SSSR count). The van der Waals surface area contributed by atoms with Crippen LogP contribution in [-0.4, -0.2) is 29.9 Å². The van der Waals surface area contributed by atoms with Gasteiger partial charge >= 0.3 is 5.97 Å². The third kappa shape index (κ3) is 5.52. The molecule has 0 unspecified atom stereocenters. The lowest BCUT2D eigenvalue weighted by Gasteiger charge is -2.09. The van der Waals surface area contributed by atoms with Crippen molar-refractivity contribution in [2.45, 2.75) is 17.4 Å². The Bertz CT molecular complexity index is 695. The summed E-state index contributed by atoms with van der Waals surface area (Å²) < 4.78 is 5.85. The Hall–Kier alpha value is -1.44. The molecule has 0 aliphatic carbocycles. The van der Waals surface area contributed by atoms with Crippen molar-refractivity contribution in [2.75, 3.05) is 18.1 Å². The fraction of sp³-hybridized carbons (Fsp3) is 0.333. The van der Waals surface area contributed by atoms with Crippen LogP contribution in [-0.2, 0) is 4.79 Å². The molecule has 1 aliphatic heterocycles. The fourth-order valence-corrected chi connectivity index (χ4v) is 5.86. The van der Waals surface area contributed by atoms with Gasteiger partial charge in [0.2, 0.25) is 0 Å². The van der Waals surface area contributed by atoms with E-state index in [4.69, 9.17) is 4.74 Å². The molecular formula is C18H19NO3S3. The molecule has 0 bridgehead atoms. The van der Waals surface area contributed by atoms with Crippen molar-refractivity contribution in [1.29, 1.82) is 0 Å². The number of rotatable bonds is 7. The van der Waals surface area contributed by atoms with E-state index in [1.807, 2.05) is 59.2 Å². The minimum Gasteiger partial charge on any atom is -0.427 e. The number of thiophene rings is 1. The van der Waals surface area contributed by atoms with Gasteiger partial charge in [0.25, 0.3) is 5.91 Å². The van der Waals surface area contributed by atoms with Crippen molar-refractivity contribution in [3.8, 4) is 5.75 Å². The third-order valence-electron chi connectivity index (χ3n) is 3.59. The van der Waals surface area contributed by atoms with Gasteiger partial charge in [0.1, 0.15) is 5.75 Å². The van der Waals surface area contributed by atoms with E-state index >= 15 is 0 Å². The molecular weight excluding hydrogens is 374 g/mol. The topological polar surface area (TPSA) is 55.4 Å². The molecule has 2 heterocycles. The van der Waals surface area contributed by atoms with Crippen LogP contribution in [0.1, 0.15) is 32.7 Å². The normalized spacial score (nSPS) is 14.4. The van der Waals surface area contributed by atoms with Crippen molar-refractivity contribution >= 4 is 46.7 Å². The minimum atomic E-state index is -0.275. The number of carbonyl (C=O) groups excluding carboxylic acids is 2. The van der Waals surface area contributed by atoms with Gasteiger partial charge in [-0.2, -0.15) is 0 Å². The van der Waals surface area contributed by atoms with Crippen LogP contribution in [0.3, 0.4) is 0 Å². The third-order valence-corrected chi connectivity index (χ3v) is 7.57. The lowest BCUT2D eigenvalue weighted by molar-refractivity contribution is -0.134. The quantitative estimate of drug-likeness (QED) is 0.431. The van der Waals surface area contributed by atoms with E-state index in [0.717, 1.165) is 0 Å². The van der Waals surface area contributed by atoms with Crippen LogP contribution in [0.4, 0.5) is 0 Å². The monoisotopic (exact) mass is 393 g/mol. The van der Waals surface area contributed by atoms with E-state index in [0.29, 0.717) is 28.2 Å². The van der Waals surface area contributed by atoms with Crippen molar-refractivity contribution in [3.05, 3.63) is 52.2 Å². The first-order chi connectivity index (χ1) is 12.2. The average Bonchev–Trinajstić information content (AvgIpc) is 3.32. The fourth-order valence-electron chi connectivity index (χ4n) is 2.36. The summed E-state index contributed by atoms with van der Waals surface area (Å²) in [4.78, 5) is 24.3. The molecule has 1 N–H and O–H groups in total. The number of hydrogen-bond donors (Lipinski definition) is 1. The highest BCUT2D eigenvalue weighted by atomic mass is 32.2. The molecule has 1 saturated heterocycles. The highest BCUT2D eigenvalue weighted by Crippen LogP contribution is 2.45. The average molecular weight is 394 g/mol. The van der Waals surface area contributed by atoms with Gasteiger partial charge in [-0.3, -0.25) is 9.59 Å². The van der Waals surface area contributed by atoms with Gasteiger partial charge in [0.15, 0.2) is 0 Å². The number of nitrogens with one attached hydrogen (secondary N) is 1. The minimum absolute atomic E-state index is 0.0957. The van der Waals surface area contributed by atoms with E-state index in [1.54, 1.807) is 6.07 Å². The number of amides is 1. The number of carbonyl (C=O) groups is 2. The zero-order chi connectivity index (χ0) is 17.5. The van der Waals surface area contributed by atoms with Gasteiger partial charge in [-0.1, -0.05) is 18.2 Å². The Balaban J connectivity index is 1.36. The van der Waals surface area contributed by atoms with E-state index in [9.17, 15) is 9.59 Å². The summed E-state index contributed by atoms with van der Waals surface area (Å²) in [6, 6.07) is 11.4. The second kappa shape index (κ2) is 9.31. The van der Waals surface area contributed by atoms with Crippen LogP contribution in [0, 0.1) is 0 Å². The molecule has 4 nitrogen and oxygen atoms in total. The summed E-state index contributed by atoms with van der Waals surface area (Å²) >= 11 is 5.30. The summed E-state index contributed by atoms with van der Waals surface area (Å²) in [5.41, 5.74) is 1.27. The molecule has 25 heavy (non-hydrogen) atoms. The molecule has 1 aliphatic rings. The number of benzene rings is 1. The summed E-state index contributed by atoms with van der Waals surface area (Å²) in [7, 11) is 0. The summed E-state index contributed by atoms with van der Waals surface area (Å²) in [6.45, 7) is 0.459. The van der Waals surface area contributed by atoms with Gasteiger partial charge in [-0.05, 0) is 35.6 Å². The molecule has 1 aromatic carbocycles. The van der Waals surface area contributed by atoms with E-state index < -0.39 is 0 Å². The predicted octanol–water partition coefficient (Wildman–Crippen LogP) is 4.34.